The zero-order valence-electron chi connectivity index (χ0n) is 15.1. The Kier molecular flexibility index (Phi) is 4.36. The second kappa shape index (κ2) is 6.82. The molecule has 0 radical (unpaired) electrons. The van der Waals surface area contributed by atoms with Gasteiger partial charge in [0.05, 0.1) is 11.6 Å². The minimum Gasteiger partial charge on any atom is -0.355 e. The quantitative estimate of drug-likeness (QED) is 0.673. The fourth-order valence-corrected chi connectivity index (χ4v) is 3.55. The molecule has 1 aliphatic heterocycles. The molecule has 134 valence electrons. The van der Waals surface area contributed by atoms with Gasteiger partial charge in [-0.3, -0.25) is 14.5 Å². The van der Waals surface area contributed by atoms with Crippen LogP contribution in [0.2, 0.25) is 0 Å². The summed E-state index contributed by atoms with van der Waals surface area (Å²) in [5.41, 5.74) is 1.38. The summed E-state index contributed by atoms with van der Waals surface area (Å²) in [6.07, 6.45) is 6.09. The second-order valence-corrected chi connectivity index (χ2v) is 6.69. The Morgan fingerprint density at radius 1 is 1.31 bits per heavy atom. The number of Topliss-reactive ketones (excluding diaryl/α,β-unsaturated/α-hetero) is 1. The number of carbonyl (C=O) groups is 1. The van der Waals surface area contributed by atoms with Crippen LogP contribution in [0.4, 0.5) is 5.82 Å². The predicted octanol–water partition coefficient (Wildman–Crippen LogP) is 2.42. The number of hydrogen-bond donors (Lipinski definition) is 0. The van der Waals surface area contributed by atoms with E-state index in [2.05, 4.69) is 20.0 Å². The molecule has 0 amide bonds. The van der Waals surface area contributed by atoms with Gasteiger partial charge in [-0.25, -0.2) is 9.97 Å². The first-order valence-corrected chi connectivity index (χ1v) is 9.06. The van der Waals surface area contributed by atoms with E-state index < -0.39 is 0 Å². The SMILES string of the molecule is CCc1nc(N2CCC[C@H](C(=O)c3ccccn3)C2)c2cnn(C)c2n1. The Morgan fingerprint density at radius 2 is 2.19 bits per heavy atom. The molecule has 0 spiro atoms. The fourth-order valence-electron chi connectivity index (χ4n) is 3.55. The van der Waals surface area contributed by atoms with Crippen molar-refractivity contribution in [2.45, 2.75) is 26.2 Å². The summed E-state index contributed by atoms with van der Waals surface area (Å²) in [7, 11) is 1.89. The molecule has 4 heterocycles. The average Bonchev–Trinajstić information content (AvgIpc) is 3.08. The van der Waals surface area contributed by atoms with Crippen LogP contribution in [0.15, 0.2) is 30.6 Å². The van der Waals surface area contributed by atoms with Crippen molar-refractivity contribution >= 4 is 22.6 Å². The average molecular weight is 350 g/mol. The molecule has 3 aromatic rings. The van der Waals surface area contributed by atoms with Crippen molar-refractivity contribution in [2.24, 2.45) is 13.0 Å². The highest BCUT2D eigenvalue weighted by Crippen LogP contribution is 2.29. The van der Waals surface area contributed by atoms with E-state index in [0.29, 0.717) is 12.2 Å². The lowest BCUT2D eigenvalue weighted by Gasteiger charge is -2.33. The Bertz CT molecular complexity index is 936. The highest BCUT2D eigenvalue weighted by Gasteiger charge is 2.29. The van der Waals surface area contributed by atoms with Crippen molar-refractivity contribution < 1.29 is 4.79 Å². The van der Waals surface area contributed by atoms with Gasteiger partial charge in [0, 0.05) is 38.7 Å². The van der Waals surface area contributed by atoms with Crippen molar-refractivity contribution in [3.05, 3.63) is 42.1 Å². The summed E-state index contributed by atoms with van der Waals surface area (Å²) in [6.45, 7) is 3.58. The number of aromatic nitrogens is 5. The molecule has 3 aromatic heterocycles. The number of anilines is 1. The fraction of sp³-hybridized carbons (Fsp3) is 0.421. The number of ketones is 1. The zero-order valence-corrected chi connectivity index (χ0v) is 15.1. The van der Waals surface area contributed by atoms with Crippen molar-refractivity contribution in [1.82, 2.24) is 24.7 Å². The number of pyridine rings is 1. The largest absolute Gasteiger partial charge is 0.355 e. The summed E-state index contributed by atoms with van der Waals surface area (Å²) in [6, 6.07) is 5.48. The number of hydrogen-bond acceptors (Lipinski definition) is 6. The highest BCUT2D eigenvalue weighted by atomic mass is 16.1. The number of piperidine rings is 1. The van der Waals surface area contributed by atoms with Gasteiger partial charge in [-0.1, -0.05) is 13.0 Å². The molecule has 0 unspecified atom stereocenters. The number of nitrogens with zero attached hydrogens (tertiary/aromatic N) is 6. The van der Waals surface area contributed by atoms with Crippen LogP contribution in [0.1, 0.15) is 36.1 Å². The molecule has 1 saturated heterocycles. The minimum atomic E-state index is -0.0644. The third-order valence-electron chi connectivity index (χ3n) is 4.94. The lowest BCUT2D eigenvalue weighted by atomic mass is 9.92. The van der Waals surface area contributed by atoms with Crippen molar-refractivity contribution in [3.8, 4) is 0 Å². The van der Waals surface area contributed by atoms with Crippen LogP contribution in [0.5, 0.6) is 0 Å². The Balaban J connectivity index is 1.66. The van der Waals surface area contributed by atoms with Gasteiger partial charge in [-0.2, -0.15) is 5.10 Å². The van der Waals surface area contributed by atoms with Crippen LogP contribution in [0.3, 0.4) is 0 Å². The molecule has 0 aromatic carbocycles. The number of carbonyl (C=O) groups excluding carboxylic acids is 1. The van der Waals surface area contributed by atoms with E-state index in [1.807, 2.05) is 32.3 Å². The minimum absolute atomic E-state index is 0.0644. The van der Waals surface area contributed by atoms with Gasteiger partial charge in [0.25, 0.3) is 0 Å². The van der Waals surface area contributed by atoms with Gasteiger partial charge in [-0.05, 0) is 25.0 Å². The third kappa shape index (κ3) is 2.94. The topological polar surface area (TPSA) is 76.8 Å². The van der Waals surface area contributed by atoms with Gasteiger partial charge in [0.15, 0.2) is 11.4 Å². The summed E-state index contributed by atoms with van der Waals surface area (Å²) in [4.78, 5) is 28.6. The molecule has 0 N–H and O–H groups in total. The van der Waals surface area contributed by atoms with Gasteiger partial charge < -0.3 is 4.90 Å². The lowest BCUT2D eigenvalue weighted by Crippen LogP contribution is -2.39. The Morgan fingerprint density at radius 3 is 2.96 bits per heavy atom. The molecule has 7 nitrogen and oxygen atoms in total. The van der Waals surface area contributed by atoms with Gasteiger partial charge in [-0.15, -0.1) is 0 Å². The standard InChI is InChI=1S/C19H22N6O/c1-3-16-22-18-14(11-21-24(18)2)19(23-16)25-10-6-7-13(12-25)17(26)15-8-4-5-9-20-15/h4-5,8-9,11,13H,3,6-7,10,12H2,1-2H3/t13-/m0/s1. The molecule has 7 heteroatoms. The van der Waals surface area contributed by atoms with Gasteiger partial charge >= 0.3 is 0 Å². The van der Waals surface area contributed by atoms with Crippen LogP contribution in [0.25, 0.3) is 11.0 Å². The summed E-state index contributed by atoms with van der Waals surface area (Å²) < 4.78 is 1.78. The van der Waals surface area contributed by atoms with E-state index in [-0.39, 0.29) is 11.7 Å². The molecule has 26 heavy (non-hydrogen) atoms. The summed E-state index contributed by atoms with van der Waals surface area (Å²) in [5.74, 6) is 1.74. The monoisotopic (exact) mass is 350 g/mol. The van der Waals surface area contributed by atoms with Crippen LogP contribution in [-0.2, 0) is 13.5 Å². The van der Waals surface area contributed by atoms with Crippen LogP contribution in [0, 0.1) is 5.92 Å². The van der Waals surface area contributed by atoms with Crippen LogP contribution in [-0.4, -0.2) is 43.6 Å². The van der Waals surface area contributed by atoms with E-state index in [4.69, 9.17) is 4.98 Å². The number of rotatable bonds is 4. The van der Waals surface area contributed by atoms with E-state index >= 15 is 0 Å². The van der Waals surface area contributed by atoms with Crippen LogP contribution >= 0.6 is 0 Å². The predicted molar refractivity (Wildman–Crippen MR) is 99.2 cm³/mol. The van der Waals surface area contributed by atoms with E-state index in [0.717, 1.165) is 48.5 Å². The van der Waals surface area contributed by atoms with Gasteiger partial charge in [0.1, 0.15) is 17.3 Å². The maximum absolute atomic E-state index is 12.8. The molecule has 1 fully saturated rings. The van der Waals surface area contributed by atoms with Crippen molar-refractivity contribution in [2.75, 3.05) is 18.0 Å². The van der Waals surface area contributed by atoms with E-state index in [1.54, 1.807) is 16.9 Å². The lowest BCUT2D eigenvalue weighted by molar-refractivity contribution is 0.0902. The summed E-state index contributed by atoms with van der Waals surface area (Å²) >= 11 is 0. The van der Waals surface area contributed by atoms with Crippen molar-refractivity contribution in [1.29, 1.82) is 0 Å². The normalized spacial score (nSPS) is 17.6. The van der Waals surface area contributed by atoms with Gasteiger partial charge in [0.2, 0.25) is 0 Å². The molecule has 1 atom stereocenters. The molecular formula is C19H22N6O. The maximum atomic E-state index is 12.8. The molecule has 0 saturated carbocycles. The smallest absolute Gasteiger partial charge is 0.185 e. The van der Waals surface area contributed by atoms with E-state index in [9.17, 15) is 4.79 Å². The number of fused-ring (bicyclic) bond motifs is 1. The first kappa shape index (κ1) is 16.6. The highest BCUT2D eigenvalue weighted by molar-refractivity contribution is 5.96. The maximum Gasteiger partial charge on any atom is 0.185 e. The van der Waals surface area contributed by atoms with E-state index in [1.165, 1.54) is 0 Å². The van der Waals surface area contributed by atoms with Crippen molar-refractivity contribution in [3.63, 3.8) is 0 Å². The molecular weight excluding hydrogens is 328 g/mol. The molecule has 0 bridgehead atoms. The summed E-state index contributed by atoms with van der Waals surface area (Å²) in [5, 5.41) is 5.28. The Labute approximate surface area is 152 Å². The second-order valence-electron chi connectivity index (χ2n) is 6.69. The molecule has 0 aliphatic carbocycles. The van der Waals surface area contributed by atoms with Crippen LogP contribution < -0.4 is 4.90 Å². The molecule has 1 aliphatic rings. The first-order valence-electron chi connectivity index (χ1n) is 9.06. The Hall–Kier alpha value is -2.83. The number of aryl methyl sites for hydroxylation is 2. The first-order chi connectivity index (χ1) is 12.7. The molecule has 4 rings (SSSR count). The third-order valence-corrected chi connectivity index (χ3v) is 4.94. The zero-order chi connectivity index (χ0) is 18.1.